The standard InChI is InChI=1S/C16H13ClN2/c17-14-4-2-1-3-12(14)9-11-5-7-15-13(10-11)6-8-16(18)19-15/h1-8,10H,9H2,(H2,18,19). The van der Waals surface area contributed by atoms with Gasteiger partial charge in [0, 0.05) is 10.4 Å². The van der Waals surface area contributed by atoms with Crippen molar-refractivity contribution >= 4 is 28.3 Å². The normalized spacial score (nSPS) is 10.8. The molecule has 0 aliphatic heterocycles. The summed E-state index contributed by atoms with van der Waals surface area (Å²) in [6.07, 6.45) is 0.819. The van der Waals surface area contributed by atoms with Gasteiger partial charge in [0.2, 0.25) is 0 Å². The van der Waals surface area contributed by atoms with Crippen LogP contribution in [0, 0.1) is 0 Å². The molecule has 2 aromatic carbocycles. The minimum Gasteiger partial charge on any atom is -0.384 e. The predicted molar refractivity (Wildman–Crippen MR) is 80.4 cm³/mol. The summed E-state index contributed by atoms with van der Waals surface area (Å²) in [5.41, 5.74) is 8.94. The van der Waals surface area contributed by atoms with Crippen LogP contribution in [0.3, 0.4) is 0 Å². The van der Waals surface area contributed by atoms with Crippen LogP contribution in [0.1, 0.15) is 11.1 Å². The Kier molecular flexibility index (Phi) is 3.10. The van der Waals surface area contributed by atoms with Crippen LogP contribution in [0.5, 0.6) is 0 Å². The first-order valence-corrected chi connectivity index (χ1v) is 6.49. The van der Waals surface area contributed by atoms with E-state index in [1.807, 2.05) is 42.5 Å². The highest BCUT2D eigenvalue weighted by molar-refractivity contribution is 6.31. The number of nitrogen functional groups attached to an aromatic ring is 1. The first-order valence-electron chi connectivity index (χ1n) is 6.11. The summed E-state index contributed by atoms with van der Waals surface area (Å²) in [4.78, 5) is 4.29. The van der Waals surface area contributed by atoms with Crippen molar-refractivity contribution in [2.75, 3.05) is 5.73 Å². The minimum absolute atomic E-state index is 0.548. The van der Waals surface area contributed by atoms with Gasteiger partial charge in [-0.15, -0.1) is 0 Å². The van der Waals surface area contributed by atoms with Crippen molar-refractivity contribution in [1.29, 1.82) is 0 Å². The molecule has 0 amide bonds. The molecule has 3 aromatic rings. The lowest BCUT2D eigenvalue weighted by Gasteiger charge is -2.06. The number of benzene rings is 2. The van der Waals surface area contributed by atoms with Gasteiger partial charge in [0.15, 0.2) is 0 Å². The number of hydrogen-bond donors (Lipinski definition) is 1. The van der Waals surface area contributed by atoms with Crippen molar-refractivity contribution in [3.63, 3.8) is 0 Å². The number of pyridine rings is 1. The van der Waals surface area contributed by atoms with Gasteiger partial charge in [0.05, 0.1) is 5.52 Å². The Labute approximate surface area is 116 Å². The van der Waals surface area contributed by atoms with Gasteiger partial charge in [-0.3, -0.25) is 0 Å². The smallest absolute Gasteiger partial charge is 0.124 e. The maximum atomic E-state index is 6.18. The van der Waals surface area contributed by atoms with E-state index in [1.54, 1.807) is 0 Å². The third-order valence-electron chi connectivity index (χ3n) is 3.13. The average Bonchev–Trinajstić information content (AvgIpc) is 2.41. The Morgan fingerprint density at radius 1 is 1.00 bits per heavy atom. The van der Waals surface area contributed by atoms with Gasteiger partial charge < -0.3 is 5.73 Å². The molecule has 0 bridgehead atoms. The van der Waals surface area contributed by atoms with Gasteiger partial charge in [-0.1, -0.05) is 35.9 Å². The van der Waals surface area contributed by atoms with Crippen LogP contribution in [-0.2, 0) is 6.42 Å². The minimum atomic E-state index is 0.548. The van der Waals surface area contributed by atoms with Gasteiger partial charge in [-0.25, -0.2) is 4.98 Å². The predicted octanol–water partition coefficient (Wildman–Crippen LogP) is 4.06. The van der Waals surface area contributed by atoms with Crippen LogP contribution in [0.25, 0.3) is 10.9 Å². The van der Waals surface area contributed by atoms with Crippen molar-refractivity contribution < 1.29 is 0 Å². The number of hydrogen-bond acceptors (Lipinski definition) is 2. The number of aromatic nitrogens is 1. The van der Waals surface area contributed by atoms with E-state index in [1.165, 1.54) is 5.56 Å². The molecule has 3 rings (SSSR count). The molecule has 3 heteroatoms. The summed E-state index contributed by atoms with van der Waals surface area (Å²) in [6, 6.07) is 17.9. The third-order valence-corrected chi connectivity index (χ3v) is 3.50. The molecule has 0 saturated heterocycles. The molecule has 0 spiro atoms. The number of nitrogens with zero attached hydrogens (tertiary/aromatic N) is 1. The van der Waals surface area contributed by atoms with E-state index in [2.05, 4.69) is 17.1 Å². The van der Waals surface area contributed by atoms with Gasteiger partial charge in [-0.05, 0) is 47.9 Å². The number of fused-ring (bicyclic) bond motifs is 1. The Bertz CT molecular complexity index is 738. The second kappa shape index (κ2) is 4.90. The van der Waals surface area contributed by atoms with Crippen LogP contribution in [0.2, 0.25) is 5.02 Å². The lowest BCUT2D eigenvalue weighted by Crippen LogP contribution is -1.92. The first-order chi connectivity index (χ1) is 9.22. The van der Waals surface area contributed by atoms with Gasteiger partial charge in [0.25, 0.3) is 0 Å². The topological polar surface area (TPSA) is 38.9 Å². The SMILES string of the molecule is Nc1ccc2cc(Cc3ccccc3Cl)ccc2n1. The Morgan fingerprint density at radius 3 is 2.68 bits per heavy atom. The molecule has 0 unspecified atom stereocenters. The third kappa shape index (κ3) is 2.54. The largest absolute Gasteiger partial charge is 0.384 e. The highest BCUT2D eigenvalue weighted by Crippen LogP contribution is 2.21. The summed E-state index contributed by atoms with van der Waals surface area (Å²) in [7, 11) is 0. The highest BCUT2D eigenvalue weighted by Gasteiger charge is 2.03. The Morgan fingerprint density at radius 2 is 1.84 bits per heavy atom. The fraction of sp³-hybridized carbons (Fsp3) is 0.0625. The molecular weight excluding hydrogens is 256 g/mol. The molecular formula is C16H13ClN2. The number of halogens is 1. The summed E-state index contributed by atoms with van der Waals surface area (Å²) in [6.45, 7) is 0. The Hall–Kier alpha value is -2.06. The lowest BCUT2D eigenvalue weighted by atomic mass is 10.0. The quantitative estimate of drug-likeness (QED) is 0.761. The van der Waals surface area contributed by atoms with Crippen molar-refractivity contribution in [3.05, 3.63) is 70.7 Å². The van der Waals surface area contributed by atoms with Crippen molar-refractivity contribution in [1.82, 2.24) is 4.98 Å². The average molecular weight is 269 g/mol. The molecule has 1 heterocycles. The maximum absolute atomic E-state index is 6.18. The zero-order chi connectivity index (χ0) is 13.2. The van der Waals surface area contributed by atoms with E-state index in [4.69, 9.17) is 17.3 Å². The second-order valence-corrected chi connectivity index (χ2v) is 4.94. The van der Waals surface area contributed by atoms with E-state index < -0.39 is 0 Å². The molecule has 0 fully saturated rings. The van der Waals surface area contributed by atoms with Crippen LogP contribution >= 0.6 is 11.6 Å². The van der Waals surface area contributed by atoms with E-state index in [0.717, 1.165) is 27.9 Å². The van der Waals surface area contributed by atoms with Crippen LogP contribution in [-0.4, -0.2) is 4.98 Å². The summed E-state index contributed by atoms with van der Waals surface area (Å²) < 4.78 is 0. The highest BCUT2D eigenvalue weighted by atomic mass is 35.5. The number of rotatable bonds is 2. The van der Waals surface area contributed by atoms with Crippen LogP contribution in [0.4, 0.5) is 5.82 Å². The molecule has 1 aromatic heterocycles. The first kappa shape index (κ1) is 12.0. The summed E-state index contributed by atoms with van der Waals surface area (Å²) >= 11 is 6.18. The van der Waals surface area contributed by atoms with E-state index in [9.17, 15) is 0 Å². The zero-order valence-corrected chi connectivity index (χ0v) is 11.1. The molecule has 0 saturated carbocycles. The molecule has 2 N–H and O–H groups in total. The van der Waals surface area contributed by atoms with E-state index in [-0.39, 0.29) is 0 Å². The van der Waals surface area contributed by atoms with Crippen molar-refractivity contribution in [2.24, 2.45) is 0 Å². The summed E-state index contributed by atoms with van der Waals surface area (Å²) in [5, 5.41) is 1.90. The second-order valence-electron chi connectivity index (χ2n) is 4.53. The molecule has 0 atom stereocenters. The van der Waals surface area contributed by atoms with Crippen molar-refractivity contribution in [2.45, 2.75) is 6.42 Å². The molecule has 0 aliphatic carbocycles. The van der Waals surface area contributed by atoms with Gasteiger partial charge >= 0.3 is 0 Å². The lowest BCUT2D eigenvalue weighted by molar-refractivity contribution is 1.20. The molecule has 19 heavy (non-hydrogen) atoms. The number of nitrogens with two attached hydrogens (primary N) is 1. The molecule has 0 aliphatic rings. The van der Waals surface area contributed by atoms with E-state index >= 15 is 0 Å². The van der Waals surface area contributed by atoms with Crippen LogP contribution < -0.4 is 5.73 Å². The molecule has 94 valence electrons. The number of anilines is 1. The van der Waals surface area contributed by atoms with Crippen LogP contribution in [0.15, 0.2) is 54.6 Å². The van der Waals surface area contributed by atoms with Gasteiger partial charge in [0.1, 0.15) is 5.82 Å². The molecule has 0 radical (unpaired) electrons. The van der Waals surface area contributed by atoms with Gasteiger partial charge in [-0.2, -0.15) is 0 Å². The van der Waals surface area contributed by atoms with Crippen molar-refractivity contribution in [3.8, 4) is 0 Å². The Balaban J connectivity index is 1.98. The fourth-order valence-electron chi connectivity index (χ4n) is 2.16. The fourth-order valence-corrected chi connectivity index (χ4v) is 2.36. The maximum Gasteiger partial charge on any atom is 0.124 e. The van der Waals surface area contributed by atoms with E-state index in [0.29, 0.717) is 5.82 Å². The molecule has 2 nitrogen and oxygen atoms in total. The monoisotopic (exact) mass is 268 g/mol. The summed E-state index contributed by atoms with van der Waals surface area (Å²) in [5.74, 6) is 0.548. The zero-order valence-electron chi connectivity index (χ0n) is 10.3.